The van der Waals surface area contributed by atoms with Crippen molar-refractivity contribution in [1.29, 1.82) is 0 Å². The van der Waals surface area contributed by atoms with E-state index >= 15 is 0 Å². The van der Waals surface area contributed by atoms with E-state index in [4.69, 9.17) is 4.52 Å². The lowest BCUT2D eigenvalue weighted by molar-refractivity contribution is -0.203. The van der Waals surface area contributed by atoms with Crippen LogP contribution in [0.2, 0.25) is 0 Å². The number of hydrogen-bond acceptors (Lipinski definition) is 7. The number of Topliss-reactive ketones (excluding diaryl/α,β-unsaturated/α-hetero) is 1. The van der Waals surface area contributed by atoms with Gasteiger partial charge in [0.1, 0.15) is 12.3 Å². The van der Waals surface area contributed by atoms with E-state index in [9.17, 15) is 24.4 Å². The van der Waals surface area contributed by atoms with Gasteiger partial charge in [-0.05, 0) is 80.0 Å². The van der Waals surface area contributed by atoms with Gasteiger partial charge in [-0.1, -0.05) is 66.7 Å². The summed E-state index contributed by atoms with van der Waals surface area (Å²) in [5.74, 6) is -0.813. The molecule has 2 aliphatic carbocycles. The normalized spacial score (nSPS) is 25.5. The molecule has 6 rings (SSSR count). The number of hydrogen-bond donors (Lipinski definition) is 2. The summed E-state index contributed by atoms with van der Waals surface area (Å²) < 4.78 is 18.1. The van der Waals surface area contributed by atoms with Crippen LogP contribution in [0.4, 0.5) is 5.69 Å². The van der Waals surface area contributed by atoms with Crippen LogP contribution in [0.1, 0.15) is 69.3 Å². The third-order valence-electron chi connectivity index (χ3n) is 10.0. The molecule has 0 radical (unpaired) electrons. The number of benzene rings is 3. The highest BCUT2D eigenvalue weighted by Gasteiger charge is 2.62. The molecule has 4 aromatic rings. The minimum absolute atomic E-state index is 0.118. The topological polar surface area (TPSA) is 117 Å². The van der Waals surface area contributed by atoms with Gasteiger partial charge in [-0.15, -0.1) is 0 Å². The van der Waals surface area contributed by atoms with Crippen LogP contribution in [0, 0.1) is 12.8 Å². The van der Waals surface area contributed by atoms with Crippen molar-refractivity contribution in [3.63, 3.8) is 0 Å². The third kappa shape index (κ3) is 6.12. The van der Waals surface area contributed by atoms with Gasteiger partial charge in [-0.2, -0.15) is 0 Å². The average Bonchev–Trinajstić information content (AvgIpc) is 3.03. The number of aryl methyl sites for hydroxylation is 1. The van der Waals surface area contributed by atoms with Gasteiger partial charge in [0.05, 0.1) is 17.0 Å². The van der Waals surface area contributed by atoms with Gasteiger partial charge in [0.25, 0.3) is 5.91 Å². The second-order valence-corrected chi connectivity index (χ2v) is 16.4. The first-order chi connectivity index (χ1) is 22.2. The van der Waals surface area contributed by atoms with E-state index in [-0.39, 0.29) is 43.3 Å². The predicted molar refractivity (Wildman–Crippen MR) is 182 cm³/mol. The van der Waals surface area contributed by atoms with Crippen molar-refractivity contribution in [2.75, 3.05) is 25.0 Å². The Morgan fingerprint density at radius 3 is 2.34 bits per heavy atom. The van der Waals surface area contributed by atoms with Crippen LogP contribution in [-0.4, -0.2) is 52.5 Å². The number of rotatable bonds is 8. The smallest absolute Gasteiger partial charge is 0.260 e. The highest BCUT2D eigenvalue weighted by molar-refractivity contribution is 7.57. The van der Waals surface area contributed by atoms with Gasteiger partial charge in [-0.25, -0.2) is 0 Å². The molecule has 1 amide bonds. The van der Waals surface area contributed by atoms with Crippen molar-refractivity contribution in [3.8, 4) is 0 Å². The molecule has 244 valence electrons. The Labute approximate surface area is 275 Å². The number of carbonyl (C=O) groups is 2. The molecule has 1 heterocycles. The van der Waals surface area contributed by atoms with Gasteiger partial charge < -0.3 is 14.7 Å². The predicted octanol–water partition coefficient (Wildman–Crippen LogP) is 6.66. The summed E-state index contributed by atoms with van der Waals surface area (Å²) in [5.41, 5.74) is 0.468. The maximum Gasteiger partial charge on any atom is 0.260 e. The lowest BCUT2D eigenvalue weighted by atomic mass is 9.48. The Morgan fingerprint density at radius 2 is 1.68 bits per heavy atom. The van der Waals surface area contributed by atoms with E-state index in [1.165, 1.54) is 18.2 Å². The van der Waals surface area contributed by atoms with Gasteiger partial charge >= 0.3 is 0 Å². The van der Waals surface area contributed by atoms with Crippen LogP contribution in [0.5, 0.6) is 0 Å². The van der Waals surface area contributed by atoms with Crippen molar-refractivity contribution in [3.05, 3.63) is 131 Å². The first-order valence-corrected chi connectivity index (χ1v) is 18.4. The largest absolute Gasteiger partial charge is 0.387 e. The zero-order valence-corrected chi connectivity index (χ0v) is 28.1. The highest BCUT2D eigenvalue weighted by atomic mass is 31.2. The molecule has 3 aromatic carbocycles. The molecule has 47 heavy (non-hydrogen) atoms. The molecule has 1 saturated carbocycles. The number of aromatic nitrogens is 1. The van der Waals surface area contributed by atoms with Gasteiger partial charge in [0.15, 0.2) is 13.2 Å². The number of ketones is 1. The lowest BCUT2D eigenvalue weighted by Crippen LogP contribution is -2.63. The Balaban J connectivity index is 1.46. The maximum absolute atomic E-state index is 14.1. The standard InChI is InChI=1S/C38H41N2O6P/c1-26-33(16-11-19-39-26)40(25-46-47(3,4)45)35(42)28-17-18-32-31(20-28)34(41)21-30-23-38(44,29-14-9-6-10-15-29)36(2,43)24-37(30,32)22-27-12-7-5-8-13-27/h5-20,30,43-44H,21-25H2,1-4H3/t30-,36-,37-,38-/m1/s1. The van der Waals surface area contributed by atoms with Crippen molar-refractivity contribution in [2.45, 2.75) is 56.1 Å². The molecule has 9 heteroatoms. The second-order valence-electron chi connectivity index (χ2n) is 13.6. The zero-order chi connectivity index (χ0) is 33.6. The summed E-state index contributed by atoms with van der Waals surface area (Å²) in [6.45, 7) is 6.20. The zero-order valence-electron chi connectivity index (χ0n) is 27.2. The highest BCUT2D eigenvalue weighted by Crippen LogP contribution is 2.60. The molecule has 2 aliphatic rings. The first kappa shape index (κ1) is 33.0. The summed E-state index contributed by atoms with van der Waals surface area (Å²) in [7, 11) is -2.93. The van der Waals surface area contributed by atoms with Crippen LogP contribution >= 0.6 is 7.37 Å². The van der Waals surface area contributed by atoms with Crippen LogP contribution < -0.4 is 4.90 Å². The summed E-state index contributed by atoms with van der Waals surface area (Å²) in [6, 6.07) is 27.9. The molecule has 2 N–H and O–H groups in total. The average molecular weight is 653 g/mol. The summed E-state index contributed by atoms with van der Waals surface area (Å²) in [5, 5.41) is 24.4. The molecule has 8 nitrogen and oxygen atoms in total. The third-order valence-corrected chi connectivity index (χ3v) is 10.8. The molecule has 1 aromatic heterocycles. The van der Waals surface area contributed by atoms with Crippen molar-refractivity contribution < 1.29 is 28.9 Å². The summed E-state index contributed by atoms with van der Waals surface area (Å²) in [6.07, 6.45) is 2.74. The number of carbonyl (C=O) groups excluding carboxylic acids is 2. The van der Waals surface area contributed by atoms with E-state index < -0.39 is 29.9 Å². The van der Waals surface area contributed by atoms with Crippen molar-refractivity contribution >= 4 is 24.7 Å². The molecular formula is C38H41N2O6P. The molecule has 0 spiro atoms. The fourth-order valence-electron chi connectivity index (χ4n) is 7.69. The van der Waals surface area contributed by atoms with Crippen LogP contribution in [0.25, 0.3) is 0 Å². The number of anilines is 1. The molecular weight excluding hydrogens is 611 g/mol. The van der Waals surface area contributed by atoms with Gasteiger partial charge in [-0.3, -0.25) is 24.0 Å². The second kappa shape index (κ2) is 12.3. The van der Waals surface area contributed by atoms with Crippen LogP contribution in [-0.2, 0) is 26.5 Å². The molecule has 0 bridgehead atoms. The Bertz CT molecular complexity index is 1860. The molecule has 4 atom stereocenters. The SMILES string of the molecule is Cc1ncccc1N(COP(C)(C)=O)C(=O)c1ccc2c(c1)C(=O)C[C@@H]1C[C@@](O)(c3ccccc3)[C@](C)(O)C[C@@]21Cc1ccccc1. The first-order valence-electron chi connectivity index (χ1n) is 15.9. The quantitative estimate of drug-likeness (QED) is 0.161. The molecule has 0 saturated heterocycles. The lowest BCUT2D eigenvalue weighted by Gasteiger charge is -2.59. The van der Waals surface area contributed by atoms with Gasteiger partial charge in [0.2, 0.25) is 0 Å². The maximum atomic E-state index is 14.1. The summed E-state index contributed by atoms with van der Waals surface area (Å²) in [4.78, 5) is 33.9. The van der Waals surface area contributed by atoms with Crippen LogP contribution in [0.3, 0.4) is 0 Å². The van der Waals surface area contributed by atoms with E-state index in [0.29, 0.717) is 28.9 Å². The molecule has 0 aliphatic heterocycles. The Kier molecular flexibility index (Phi) is 8.60. The van der Waals surface area contributed by atoms with Crippen LogP contribution in [0.15, 0.2) is 97.2 Å². The number of amides is 1. The monoisotopic (exact) mass is 652 g/mol. The molecule has 1 fully saturated rings. The summed E-state index contributed by atoms with van der Waals surface area (Å²) >= 11 is 0. The van der Waals surface area contributed by atoms with Gasteiger partial charge in [0, 0.05) is 42.5 Å². The van der Waals surface area contributed by atoms with E-state index in [1.807, 2.05) is 66.7 Å². The minimum Gasteiger partial charge on any atom is -0.387 e. The van der Waals surface area contributed by atoms with Crippen molar-refractivity contribution in [2.24, 2.45) is 5.92 Å². The number of aliphatic hydroxyl groups is 2. The minimum atomic E-state index is -2.93. The van der Waals surface area contributed by atoms with Crippen molar-refractivity contribution in [1.82, 2.24) is 4.98 Å². The molecule has 0 unspecified atom stereocenters. The number of fused-ring (bicyclic) bond motifs is 3. The number of nitrogens with zero attached hydrogens (tertiary/aromatic N) is 2. The van der Waals surface area contributed by atoms with E-state index in [1.54, 1.807) is 44.3 Å². The fourth-order valence-corrected chi connectivity index (χ4v) is 8.08. The number of pyridine rings is 1. The van der Waals surface area contributed by atoms with E-state index in [2.05, 4.69) is 4.98 Å². The Hall–Kier alpha value is -3.94. The Morgan fingerprint density at radius 1 is 1.00 bits per heavy atom. The van der Waals surface area contributed by atoms with E-state index in [0.717, 1.165) is 11.1 Å². The fraction of sp³-hybridized carbons (Fsp3) is 0.342.